The first kappa shape index (κ1) is 8.65. The number of hydrogen-bond acceptors (Lipinski definition) is 2. The summed E-state index contributed by atoms with van der Waals surface area (Å²) >= 11 is 0. The van der Waals surface area contributed by atoms with Gasteiger partial charge in [0.1, 0.15) is 0 Å². The second kappa shape index (κ2) is 3.81. The van der Waals surface area contributed by atoms with E-state index in [0.29, 0.717) is 5.82 Å². The Hall–Kier alpha value is -1.44. The van der Waals surface area contributed by atoms with Crippen LogP contribution in [0.2, 0.25) is 0 Å². The molecule has 2 heteroatoms. The molecule has 1 aromatic carbocycles. The van der Waals surface area contributed by atoms with Crippen LogP contribution in [-0.2, 0) is 6.42 Å². The van der Waals surface area contributed by atoms with Gasteiger partial charge in [-0.05, 0) is 24.1 Å². The van der Waals surface area contributed by atoms with Crippen LogP contribution in [-0.4, -0.2) is 0 Å². The van der Waals surface area contributed by atoms with Gasteiger partial charge in [-0.1, -0.05) is 25.6 Å². The van der Waals surface area contributed by atoms with Crippen molar-refractivity contribution in [3.63, 3.8) is 0 Å². The number of aryl methyl sites for hydroxylation is 1. The molecular weight excluding hydrogens is 148 g/mol. The zero-order valence-electron chi connectivity index (χ0n) is 7.30. The van der Waals surface area contributed by atoms with Gasteiger partial charge >= 0.3 is 0 Å². The van der Waals surface area contributed by atoms with Crippen LogP contribution in [0, 0.1) is 0 Å². The molecule has 0 aromatic heterocycles. The first-order chi connectivity index (χ1) is 5.72. The van der Waals surface area contributed by atoms with Crippen LogP contribution < -0.4 is 11.1 Å². The second-order valence-corrected chi connectivity index (χ2v) is 2.70. The predicted octanol–water partition coefficient (Wildman–Crippen LogP) is 2.09. The van der Waals surface area contributed by atoms with Crippen molar-refractivity contribution in [1.29, 1.82) is 0 Å². The van der Waals surface area contributed by atoms with Gasteiger partial charge in [0, 0.05) is 5.69 Å². The summed E-state index contributed by atoms with van der Waals surface area (Å²) in [5.41, 5.74) is 7.70. The molecule has 0 aliphatic carbocycles. The lowest BCUT2D eigenvalue weighted by Crippen LogP contribution is -2.06. The van der Waals surface area contributed by atoms with E-state index in [1.807, 2.05) is 12.1 Å². The molecule has 0 aliphatic rings. The van der Waals surface area contributed by atoms with Crippen molar-refractivity contribution < 1.29 is 0 Å². The lowest BCUT2D eigenvalue weighted by molar-refractivity contribution is 1.14. The van der Waals surface area contributed by atoms with E-state index in [0.717, 1.165) is 12.1 Å². The van der Waals surface area contributed by atoms with Gasteiger partial charge in [0.25, 0.3) is 0 Å². The molecule has 0 fully saturated rings. The number of nitrogens with one attached hydrogen (secondary N) is 1. The fourth-order valence-electron chi connectivity index (χ4n) is 1.01. The van der Waals surface area contributed by atoms with Gasteiger partial charge in [-0.15, -0.1) is 0 Å². The number of nitrogens with two attached hydrogens (primary N) is 1. The summed E-state index contributed by atoms with van der Waals surface area (Å²) in [5, 5.41) is 2.94. The summed E-state index contributed by atoms with van der Waals surface area (Å²) in [6.45, 7) is 5.69. The summed E-state index contributed by atoms with van der Waals surface area (Å²) in [6, 6.07) is 8.14. The average Bonchev–Trinajstić information content (AvgIpc) is 2.05. The van der Waals surface area contributed by atoms with E-state index < -0.39 is 0 Å². The zero-order chi connectivity index (χ0) is 8.97. The Kier molecular flexibility index (Phi) is 2.75. The number of rotatable bonds is 3. The van der Waals surface area contributed by atoms with Crippen LogP contribution in [0.25, 0.3) is 0 Å². The Morgan fingerprint density at radius 3 is 2.42 bits per heavy atom. The van der Waals surface area contributed by atoms with Crippen LogP contribution in [0.5, 0.6) is 0 Å². The predicted molar refractivity (Wildman–Crippen MR) is 52.8 cm³/mol. The molecule has 1 rings (SSSR count). The molecular formula is C10H14N2. The Bertz CT molecular complexity index is 262. The highest BCUT2D eigenvalue weighted by Gasteiger charge is 1.91. The molecule has 0 bridgehead atoms. The normalized spacial score (nSPS) is 9.42. The highest BCUT2D eigenvalue weighted by atomic mass is 15.0. The quantitative estimate of drug-likeness (QED) is 0.714. The number of anilines is 1. The molecule has 0 radical (unpaired) electrons. The van der Waals surface area contributed by atoms with E-state index in [2.05, 4.69) is 31.0 Å². The Labute approximate surface area is 73.1 Å². The fraction of sp³-hybridized carbons (Fsp3) is 0.200. The molecule has 0 heterocycles. The summed E-state index contributed by atoms with van der Waals surface area (Å²) in [6.07, 6.45) is 1.06. The van der Waals surface area contributed by atoms with Crippen molar-refractivity contribution in [2.75, 3.05) is 5.32 Å². The van der Waals surface area contributed by atoms with Gasteiger partial charge in [-0.3, -0.25) is 0 Å². The van der Waals surface area contributed by atoms with Crippen molar-refractivity contribution in [3.8, 4) is 0 Å². The zero-order valence-corrected chi connectivity index (χ0v) is 7.30. The molecule has 1 aromatic rings. The highest BCUT2D eigenvalue weighted by molar-refractivity contribution is 5.48. The maximum absolute atomic E-state index is 5.39. The van der Waals surface area contributed by atoms with Crippen LogP contribution in [0.1, 0.15) is 12.5 Å². The third-order valence-corrected chi connectivity index (χ3v) is 1.67. The number of benzene rings is 1. The molecule has 0 amide bonds. The van der Waals surface area contributed by atoms with Crippen molar-refractivity contribution in [2.24, 2.45) is 5.73 Å². The van der Waals surface area contributed by atoms with E-state index in [4.69, 9.17) is 5.73 Å². The molecule has 0 saturated heterocycles. The molecule has 12 heavy (non-hydrogen) atoms. The van der Waals surface area contributed by atoms with Gasteiger partial charge in [0.2, 0.25) is 0 Å². The van der Waals surface area contributed by atoms with Gasteiger partial charge in [-0.2, -0.15) is 0 Å². The highest BCUT2D eigenvalue weighted by Crippen LogP contribution is 2.10. The first-order valence-electron chi connectivity index (χ1n) is 4.02. The monoisotopic (exact) mass is 162 g/mol. The standard InChI is InChI=1S/C10H14N2/c1-3-9-4-6-10(7-5-9)12-8(2)11/h4-7,12H,2-3,11H2,1H3. The van der Waals surface area contributed by atoms with E-state index >= 15 is 0 Å². The van der Waals surface area contributed by atoms with Gasteiger partial charge < -0.3 is 11.1 Å². The van der Waals surface area contributed by atoms with Gasteiger partial charge in [-0.25, -0.2) is 0 Å². The molecule has 2 nitrogen and oxygen atoms in total. The largest absolute Gasteiger partial charge is 0.386 e. The van der Waals surface area contributed by atoms with Gasteiger partial charge in [0.05, 0.1) is 5.82 Å². The summed E-state index contributed by atoms with van der Waals surface area (Å²) in [4.78, 5) is 0. The Morgan fingerprint density at radius 2 is 2.00 bits per heavy atom. The fourth-order valence-corrected chi connectivity index (χ4v) is 1.01. The van der Waals surface area contributed by atoms with E-state index in [1.54, 1.807) is 0 Å². The van der Waals surface area contributed by atoms with Crippen LogP contribution in [0.15, 0.2) is 36.7 Å². The topological polar surface area (TPSA) is 38.0 Å². The lowest BCUT2D eigenvalue weighted by atomic mass is 10.1. The molecule has 0 saturated carbocycles. The summed E-state index contributed by atoms with van der Waals surface area (Å²) in [5.74, 6) is 0.472. The van der Waals surface area contributed by atoms with E-state index in [1.165, 1.54) is 5.56 Å². The molecule has 64 valence electrons. The van der Waals surface area contributed by atoms with Crippen LogP contribution >= 0.6 is 0 Å². The van der Waals surface area contributed by atoms with Crippen molar-refractivity contribution in [2.45, 2.75) is 13.3 Å². The molecule has 3 N–H and O–H groups in total. The SMILES string of the molecule is C=C(N)Nc1ccc(CC)cc1. The minimum absolute atomic E-state index is 0.472. The molecule has 0 spiro atoms. The smallest absolute Gasteiger partial charge is 0.0930 e. The number of hydrogen-bond donors (Lipinski definition) is 2. The molecule has 0 aliphatic heterocycles. The lowest BCUT2D eigenvalue weighted by Gasteiger charge is -2.04. The maximum atomic E-state index is 5.39. The molecule has 0 unspecified atom stereocenters. The summed E-state index contributed by atoms with van der Waals surface area (Å²) in [7, 11) is 0. The Morgan fingerprint density at radius 1 is 1.42 bits per heavy atom. The van der Waals surface area contributed by atoms with Crippen molar-refractivity contribution in [3.05, 3.63) is 42.2 Å². The Balaban J connectivity index is 2.71. The van der Waals surface area contributed by atoms with Crippen molar-refractivity contribution in [1.82, 2.24) is 0 Å². The third-order valence-electron chi connectivity index (χ3n) is 1.67. The van der Waals surface area contributed by atoms with Crippen LogP contribution in [0.4, 0.5) is 5.69 Å². The van der Waals surface area contributed by atoms with Crippen LogP contribution in [0.3, 0.4) is 0 Å². The first-order valence-corrected chi connectivity index (χ1v) is 4.02. The minimum atomic E-state index is 0.472. The second-order valence-electron chi connectivity index (χ2n) is 2.70. The van der Waals surface area contributed by atoms with Gasteiger partial charge in [0.15, 0.2) is 0 Å². The van der Waals surface area contributed by atoms with Crippen molar-refractivity contribution >= 4 is 5.69 Å². The minimum Gasteiger partial charge on any atom is -0.386 e. The molecule has 0 atom stereocenters. The maximum Gasteiger partial charge on any atom is 0.0930 e. The van der Waals surface area contributed by atoms with E-state index in [-0.39, 0.29) is 0 Å². The third kappa shape index (κ3) is 2.31. The average molecular weight is 162 g/mol. The van der Waals surface area contributed by atoms with E-state index in [9.17, 15) is 0 Å². The summed E-state index contributed by atoms with van der Waals surface area (Å²) < 4.78 is 0.